The summed E-state index contributed by atoms with van der Waals surface area (Å²) in [6.45, 7) is 0. The zero-order valence-corrected chi connectivity index (χ0v) is 8.48. The van der Waals surface area contributed by atoms with Crippen molar-refractivity contribution in [3.8, 4) is 11.3 Å². The van der Waals surface area contributed by atoms with E-state index >= 15 is 0 Å². The van der Waals surface area contributed by atoms with Crippen molar-refractivity contribution in [1.82, 2.24) is 9.97 Å². The smallest absolute Gasteiger partial charge is 0.152 e. The van der Waals surface area contributed by atoms with Gasteiger partial charge in [-0.1, -0.05) is 11.6 Å². The highest BCUT2D eigenvalue weighted by atomic mass is 35.5. The van der Waals surface area contributed by atoms with E-state index in [0.29, 0.717) is 21.8 Å². The Labute approximate surface area is 91.8 Å². The summed E-state index contributed by atoms with van der Waals surface area (Å²) in [5.41, 5.74) is 1.74. The molecule has 0 fully saturated rings. The van der Waals surface area contributed by atoms with Gasteiger partial charge in [0.15, 0.2) is 6.29 Å². The van der Waals surface area contributed by atoms with Crippen molar-refractivity contribution >= 4 is 17.9 Å². The number of nitrogens with zero attached hydrogens (tertiary/aromatic N) is 2. The van der Waals surface area contributed by atoms with Crippen LogP contribution < -0.4 is 0 Å². The minimum Gasteiger partial charge on any atom is -0.298 e. The number of carbonyl (C=O) groups excluding carboxylic acids is 1. The molecule has 0 aliphatic carbocycles. The first-order chi connectivity index (χ1) is 7.33. The lowest BCUT2D eigenvalue weighted by molar-refractivity contribution is 0.112. The normalized spacial score (nSPS) is 9.93. The average molecular weight is 219 g/mol. The molecule has 0 saturated carbocycles. The minimum atomic E-state index is 0.507. The Kier molecular flexibility index (Phi) is 2.74. The summed E-state index contributed by atoms with van der Waals surface area (Å²) < 4.78 is 0. The molecular weight excluding hydrogens is 212 g/mol. The van der Waals surface area contributed by atoms with Crippen molar-refractivity contribution < 1.29 is 4.79 Å². The monoisotopic (exact) mass is 218 g/mol. The molecule has 2 aromatic rings. The van der Waals surface area contributed by atoms with Crippen molar-refractivity contribution in [2.75, 3.05) is 0 Å². The van der Waals surface area contributed by atoms with Gasteiger partial charge < -0.3 is 0 Å². The summed E-state index contributed by atoms with van der Waals surface area (Å²) in [5, 5.41) is 0.534. The van der Waals surface area contributed by atoms with Crippen LogP contribution >= 0.6 is 11.6 Å². The van der Waals surface area contributed by atoms with Crippen LogP contribution in [0.25, 0.3) is 11.3 Å². The van der Waals surface area contributed by atoms with E-state index in [2.05, 4.69) is 9.97 Å². The van der Waals surface area contributed by atoms with E-state index in [-0.39, 0.29) is 0 Å². The molecule has 0 amide bonds. The number of hydrogen-bond donors (Lipinski definition) is 0. The molecule has 0 bridgehead atoms. The number of aldehydes is 1. The Morgan fingerprint density at radius 2 is 2.13 bits per heavy atom. The van der Waals surface area contributed by atoms with E-state index in [9.17, 15) is 4.79 Å². The topological polar surface area (TPSA) is 42.9 Å². The average Bonchev–Trinajstić information content (AvgIpc) is 2.30. The zero-order chi connectivity index (χ0) is 10.7. The van der Waals surface area contributed by atoms with Crippen LogP contribution in [0.2, 0.25) is 5.02 Å². The van der Waals surface area contributed by atoms with Gasteiger partial charge in [0.05, 0.1) is 10.7 Å². The number of aromatic nitrogens is 2. The SMILES string of the molecule is O=Cc1cccnc1-c1cnccc1Cl. The second-order valence-electron chi connectivity index (χ2n) is 2.91. The summed E-state index contributed by atoms with van der Waals surface area (Å²) in [7, 11) is 0. The van der Waals surface area contributed by atoms with Crippen molar-refractivity contribution in [2.45, 2.75) is 0 Å². The van der Waals surface area contributed by atoms with Crippen LogP contribution in [-0.2, 0) is 0 Å². The van der Waals surface area contributed by atoms with Crippen LogP contribution in [0, 0.1) is 0 Å². The molecule has 0 radical (unpaired) electrons. The van der Waals surface area contributed by atoms with Crippen LogP contribution in [0.15, 0.2) is 36.8 Å². The Balaban J connectivity index is 2.64. The molecule has 0 aliphatic heterocycles. The molecule has 2 heterocycles. The molecule has 0 atom stereocenters. The van der Waals surface area contributed by atoms with Gasteiger partial charge in [-0.3, -0.25) is 14.8 Å². The lowest BCUT2D eigenvalue weighted by Crippen LogP contribution is -1.92. The quantitative estimate of drug-likeness (QED) is 0.728. The first kappa shape index (κ1) is 9.80. The number of pyridine rings is 2. The molecule has 0 N–H and O–H groups in total. The molecule has 74 valence electrons. The van der Waals surface area contributed by atoms with Gasteiger partial charge in [-0.25, -0.2) is 0 Å². The summed E-state index contributed by atoms with van der Waals surface area (Å²) in [6, 6.07) is 5.07. The second-order valence-corrected chi connectivity index (χ2v) is 3.32. The largest absolute Gasteiger partial charge is 0.298 e. The van der Waals surface area contributed by atoms with Crippen LogP contribution in [0.3, 0.4) is 0 Å². The van der Waals surface area contributed by atoms with E-state index in [1.807, 2.05) is 0 Å². The maximum Gasteiger partial charge on any atom is 0.152 e. The summed E-state index contributed by atoms with van der Waals surface area (Å²) in [4.78, 5) is 18.9. The third-order valence-electron chi connectivity index (χ3n) is 1.99. The Morgan fingerprint density at radius 1 is 1.27 bits per heavy atom. The first-order valence-corrected chi connectivity index (χ1v) is 4.71. The molecule has 0 unspecified atom stereocenters. The fourth-order valence-electron chi connectivity index (χ4n) is 1.29. The molecule has 0 saturated heterocycles. The fraction of sp³-hybridized carbons (Fsp3) is 0. The van der Waals surface area contributed by atoms with Crippen molar-refractivity contribution in [3.05, 3.63) is 47.4 Å². The Hall–Kier alpha value is -1.74. The standard InChI is InChI=1S/C11H7ClN2O/c12-10-3-5-13-6-9(10)11-8(7-15)2-1-4-14-11/h1-7H. The Bertz CT molecular complexity index is 499. The second kappa shape index (κ2) is 4.19. The van der Waals surface area contributed by atoms with Crippen LogP contribution in [0.4, 0.5) is 0 Å². The van der Waals surface area contributed by atoms with Gasteiger partial charge >= 0.3 is 0 Å². The van der Waals surface area contributed by atoms with E-state index in [1.165, 1.54) is 0 Å². The van der Waals surface area contributed by atoms with E-state index in [1.54, 1.807) is 36.8 Å². The van der Waals surface area contributed by atoms with Gasteiger partial charge in [0.2, 0.25) is 0 Å². The molecule has 15 heavy (non-hydrogen) atoms. The van der Waals surface area contributed by atoms with Gasteiger partial charge in [0.25, 0.3) is 0 Å². The van der Waals surface area contributed by atoms with Crippen molar-refractivity contribution in [2.24, 2.45) is 0 Å². The van der Waals surface area contributed by atoms with Crippen molar-refractivity contribution in [1.29, 1.82) is 0 Å². The number of rotatable bonds is 2. The molecule has 0 aliphatic rings. The molecule has 4 heteroatoms. The zero-order valence-electron chi connectivity index (χ0n) is 7.72. The molecule has 0 aromatic carbocycles. The van der Waals surface area contributed by atoms with Gasteiger partial charge in [-0.15, -0.1) is 0 Å². The third-order valence-corrected chi connectivity index (χ3v) is 2.32. The summed E-state index contributed by atoms with van der Waals surface area (Å²) in [5.74, 6) is 0. The summed E-state index contributed by atoms with van der Waals surface area (Å²) >= 11 is 5.99. The summed E-state index contributed by atoms with van der Waals surface area (Å²) in [6.07, 6.45) is 5.56. The molecule has 3 nitrogen and oxygen atoms in total. The van der Waals surface area contributed by atoms with E-state index < -0.39 is 0 Å². The highest BCUT2D eigenvalue weighted by Gasteiger charge is 2.08. The van der Waals surface area contributed by atoms with Gasteiger partial charge in [-0.05, 0) is 18.2 Å². The number of halogens is 1. The number of hydrogen-bond acceptors (Lipinski definition) is 3. The van der Waals surface area contributed by atoms with Gasteiger partial charge in [0.1, 0.15) is 0 Å². The predicted octanol–water partition coefficient (Wildman–Crippen LogP) is 2.61. The number of carbonyl (C=O) groups is 1. The third kappa shape index (κ3) is 1.87. The molecule has 2 rings (SSSR count). The minimum absolute atomic E-state index is 0.507. The highest BCUT2D eigenvalue weighted by molar-refractivity contribution is 6.33. The van der Waals surface area contributed by atoms with E-state index in [0.717, 1.165) is 6.29 Å². The van der Waals surface area contributed by atoms with Crippen LogP contribution in [-0.4, -0.2) is 16.3 Å². The maximum atomic E-state index is 10.8. The van der Waals surface area contributed by atoms with Gasteiger partial charge in [-0.2, -0.15) is 0 Å². The first-order valence-electron chi connectivity index (χ1n) is 4.33. The molecule has 2 aromatic heterocycles. The van der Waals surface area contributed by atoms with E-state index in [4.69, 9.17) is 11.6 Å². The molecular formula is C11H7ClN2O. The predicted molar refractivity (Wildman–Crippen MR) is 57.9 cm³/mol. The lowest BCUT2D eigenvalue weighted by Gasteiger charge is -2.04. The lowest BCUT2D eigenvalue weighted by atomic mass is 10.1. The van der Waals surface area contributed by atoms with Crippen molar-refractivity contribution in [3.63, 3.8) is 0 Å². The van der Waals surface area contributed by atoms with Crippen LogP contribution in [0.1, 0.15) is 10.4 Å². The molecule has 0 spiro atoms. The Morgan fingerprint density at radius 3 is 2.87 bits per heavy atom. The van der Waals surface area contributed by atoms with Crippen LogP contribution in [0.5, 0.6) is 0 Å². The van der Waals surface area contributed by atoms with Gasteiger partial charge in [0, 0.05) is 29.7 Å². The highest BCUT2D eigenvalue weighted by Crippen LogP contribution is 2.26. The maximum absolute atomic E-state index is 10.8. The fourth-order valence-corrected chi connectivity index (χ4v) is 1.48.